The molecule has 0 aliphatic carbocycles. The van der Waals surface area contributed by atoms with E-state index < -0.39 is 5.97 Å². The number of nitrogens with one attached hydrogen (secondary N) is 1. The van der Waals surface area contributed by atoms with Crippen LogP contribution in [0.3, 0.4) is 0 Å². The van der Waals surface area contributed by atoms with Crippen LogP contribution < -0.4 is 10.1 Å². The number of carbonyl (C=O) groups excluding carboxylic acids is 1. The molecular formula is C21H23NO5. The third kappa shape index (κ3) is 5.08. The van der Waals surface area contributed by atoms with Crippen molar-refractivity contribution in [3.63, 3.8) is 0 Å². The Balaban J connectivity index is 1.64. The normalized spacial score (nSPS) is 16.1. The zero-order valence-electron chi connectivity index (χ0n) is 15.2. The van der Waals surface area contributed by atoms with E-state index in [1.807, 2.05) is 25.1 Å². The molecule has 0 radical (unpaired) electrons. The highest BCUT2D eigenvalue weighted by Gasteiger charge is 2.19. The van der Waals surface area contributed by atoms with Crippen LogP contribution in [0.25, 0.3) is 0 Å². The summed E-state index contributed by atoms with van der Waals surface area (Å²) in [4.78, 5) is 23.6. The molecule has 0 bridgehead atoms. The quantitative estimate of drug-likeness (QED) is 0.784. The zero-order valence-corrected chi connectivity index (χ0v) is 15.2. The van der Waals surface area contributed by atoms with Crippen LogP contribution in [0.15, 0.2) is 42.5 Å². The SMILES string of the molecule is Cc1ccc(CNC(=O)Cc2ccccc2C(=O)O)c(OC2CCOC2)c1. The van der Waals surface area contributed by atoms with E-state index in [1.165, 1.54) is 6.07 Å². The smallest absolute Gasteiger partial charge is 0.335 e. The summed E-state index contributed by atoms with van der Waals surface area (Å²) in [6, 6.07) is 12.4. The molecule has 2 aromatic carbocycles. The number of rotatable bonds is 7. The Kier molecular flexibility index (Phi) is 6.08. The summed E-state index contributed by atoms with van der Waals surface area (Å²) in [5, 5.41) is 12.1. The molecule has 3 rings (SSSR count). The number of hydrogen-bond acceptors (Lipinski definition) is 4. The first-order chi connectivity index (χ1) is 13.0. The number of carboxylic acids is 1. The summed E-state index contributed by atoms with van der Waals surface area (Å²) in [7, 11) is 0. The number of ether oxygens (including phenoxy) is 2. The van der Waals surface area contributed by atoms with Gasteiger partial charge in [-0.1, -0.05) is 30.3 Å². The monoisotopic (exact) mass is 369 g/mol. The van der Waals surface area contributed by atoms with Crippen LogP contribution in [0.5, 0.6) is 5.75 Å². The van der Waals surface area contributed by atoms with Gasteiger partial charge in [0.2, 0.25) is 5.91 Å². The van der Waals surface area contributed by atoms with Gasteiger partial charge in [-0.15, -0.1) is 0 Å². The van der Waals surface area contributed by atoms with Crippen LogP contribution in [0.4, 0.5) is 0 Å². The van der Waals surface area contributed by atoms with Crippen LogP contribution >= 0.6 is 0 Å². The van der Waals surface area contributed by atoms with Gasteiger partial charge in [0.1, 0.15) is 11.9 Å². The minimum atomic E-state index is -1.04. The van der Waals surface area contributed by atoms with Crippen molar-refractivity contribution in [1.82, 2.24) is 5.32 Å². The minimum Gasteiger partial charge on any atom is -0.488 e. The Labute approximate surface area is 158 Å². The van der Waals surface area contributed by atoms with E-state index in [0.717, 1.165) is 23.3 Å². The van der Waals surface area contributed by atoms with E-state index in [0.29, 0.717) is 25.3 Å². The fourth-order valence-electron chi connectivity index (χ4n) is 3.02. The van der Waals surface area contributed by atoms with Crippen LogP contribution in [0.1, 0.15) is 33.5 Å². The van der Waals surface area contributed by atoms with Crippen molar-refractivity contribution in [3.05, 3.63) is 64.7 Å². The topological polar surface area (TPSA) is 84.9 Å². The zero-order chi connectivity index (χ0) is 19.2. The molecule has 1 fully saturated rings. The molecule has 1 aliphatic heterocycles. The number of hydrogen-bond donors (Lipinski definition) is 2. The van der Waals surface area contributed by atoms with E-state index in [-0.39, 0.29) is 24.0 Å². The molecule has 1 heterocycles. The Morgan fingerprint density at radius 3 is 2.78 bits per heavy atom. The maximum Gasteiger partial charge on any atom is 0.335 e. The summed E-state index contributed by atoms with van der Waals surface area (Å²) in [5.41, 5.74) is 2.60. The standard InChI is InChI=1S/C21H23NO5/c1-14-6-7-16(19(10-14)27-17-8-9-26-13-17)12-22-20(23)11-15-4-2-3-5-18(15)21(24)25/h2-7,10,17H,8-9,11-13H2,1H3,(H,22,23)(H,24,25). The number of carbonyl (C=O) groups is 2. The third-order valence-corrected chi connectivity index (χ3v) is 4.48. The molecule has 6 nitrogen and oxygen atoms in total. The second-order valence-corrected chi connectivity index (χ2v) is 6.63. The molecule has 27 heavy (non-hydrogen) atoms. The van der Waals surface area contributed by atoms with Gasteiger partial charge in [-0.25, -0.2) is 4.79 Å². The average Bonchev–Trinajstić information content (AvgIpc) is 3.14. The van der Waals surface area contributed by atoms with Crippen molar-refractivity contribution in [2.45, 2.75) is 32.4 Å². The van der Waals surface area contributed by atoms with Gasteiger partial charge in [-0.2, -0.15) is 0 Å². The molecule has 0 aromatic heterocycles. The number of aromatic carboxylic acids is 1. The molecule has 0 spiro atoms. The van der Waals surface area contributed by atoms with Gasteiger partial charge < -0.3 is 19.9 Å². The van der Waals surface area contributed by atoms with Crippen LogP contribution in [0.2, 0.25) is 0 Å². The number of aryl methyl sites for hydroxylation is 1. The van der Waals surface area contributed by atoms with Gasteiger partial charge in [-0.05, 0) is 30.2 Å². The Hall–Kier alpha value is -2.86. The summed E-state index contributed by atoms with van der Waals surface area (Å²) in [5.74, 6) is -0.525. The van der Waals surface area contributed by atoms with Gasteiger partial charge in [0.15, 0.2) is 0 Å². The van der Waals surface area contributed by atoms with Crippen molar-refractivity contribution in [1.29, 1.82) is 0 Å². The maximum absolute atomic E-state index is 12.3. The predicted octanol–water partition coefficient (Wildman–Crippen LogP) is 2.72. The Bertz CT molecular complexity index is 827. The molecule has 1 saturated heterocycles. The molecule has 6 heteroatoms. The summed E-state index contributed by atoms with van der Waals surface area (Å²) < 4.78 is 11.4. The van der Waals surface area contributed by atoms with Gasteiger partial charge in [0.25, 0.3) is 0 Å². The van der Waals surface area contributed by atoms with Crippen molar-refractivity contribution >= 4 is 11.9 Å². The Morgan fingerprint density at radius 2 is 2.04 bits per heavy atom. The molecule has 1 aliphatic rings. The highest BCUT2D eigenvalue weighted by Crippen LogP contribution is 2.24. The highest BCUT2D eigenvalue weighted by atomic mass is 16.5. The van der Waals surface area contributed by atoms with Crippen molar-refractivity contribution in [2.75, 3.05) is 13.2 Å². The number of amides is 1. The summed E-state index contributed by atoms with van der Waals surface area (Å²) in [6.07, 6.45) is 0.899. The highest BCUT2D eigenvalue weighted by molar-refractivity contribution is 5.91. The fourth-order valence-corrected chi connectivity index (χ4v) is 3.02. The molecule has 2 N–H and O–H groups in total. The second-order valence-electron chi connectivity index (χ2n) is 6.63. The maximum atomic E-state index is 12.3. The van der Waals surface area contributed by atoms with Gasteiger partial charge in [0, 0.05) is 18.5 Å². The van der Waals surface area contributed by atoms with E-state index in [2.05, 4.69) is 5.32 Å². The largest absolute Gasteiger partial charge is 0.488 e. The van der Waals surface area contributed by atoms with E-state index >= 15 is 0 Å². The van der Waals surface area contributed by atoms with Crippen LogP contribution in [-0.2, 0) is 22.5 Å². The molecular weight excluding hydrogens is 346 g/mol. The molecule has 0 saturated carbocycles. The molecule has 142 valence electrons. The summed E-state index contributed by atoms with van der Waals surface area (Å²) >= 11 is 0. The molecule has 1 unspecified atom stereocenters. The van der Waals surface area contributed by atoms with Gasteiger partial charge in [-0.3, -0.25) is 4.79 Å². The lowest BCUT2D eigenvalue weighted by molar-refractivity contribution is -0.120. The number of benzene rings is 2. The lowest BCUT2D eigenvalue weighted by Gasteiger charge is -2.17. The fraction of sp³-hybridized carbons (Fsp3) is 0.333. The second kappa shape index (κ2) is 8.68. The van der Waals surface area contributed by atoms with Crippen molar-refractivity contribution in [2.24, 2.45) is 0 Å². The summed E-state index contributed by atoms with van der Waals surface area (Å²) in [6.45, 7) is 3.58. The van der Waals surface area contributed by atoms with E-state index in [4.69, 9.17) is 9.47 Å². The van der Waals surface area contributed by atoms with E-state index in [9.17, 15) is 14.7 Å². The minimum absolute atomic E-state index is 0.0149. The predicted molar refractivity (Wildman–Crippen MR) is 100.0 cm³/mol. The van der Waals surface area contributed by atoms with Crippen molar-refractivity contribution < 1.29 is 24.2 Å². The first-order valence-electron chi connectivity index (χ1n) is 8.95. The van der Waals surface area contributed by atoms with E-state index in [1.54, 1.807) is 18.2 Å². The first-order valence-corrected chi connectivity index (χ1v) is 8.95. The van der Waals surface area contributed by atoms with Crippen molar-refractivity contribution in [3.8, 4) is 5.75 Å². The molecule has 1 amide bonds. The number of carboxylic acid groups (broad SMARTS) is 1. The van der Waals surface area contributed by atoms with Gasteiger partial charge >= 0.3 is 5.97 Å². The van der Waals surface area contributed by atoms with Crippen LogP contribution in [-0.4, -0.2) is 36.3 Å². The lowest BCUT2D eigenvalue weighted by atomic mass is 10.0. The molecule has 1 atom stereocenters. The van der Waals surface area contributed by atoms with Gasteiger partial charge in [0.05, 0.1) is 25.2 Å². The average molecular weight is 369 g/mol. The lowest BCUT2D eigenvalue weighted by Crippen LogP contribution is -2.26. The third-order valence-electron chi connectivity index (χ3n) is 4.48. The van der Waals surface area contributed by atoms with Crippen LogP contribution in [0, 0.1) is 6.92 Å². The first kappa shape index (κ1) is 18.9. The Morgan fingerprint density at radius 1 is 1.22 bits per heavy atom. The molecule has 2 aromatic rings.